The number of hydrogen-bond donors (Lipinski definition) is 0. The monoisotopic (exact) mass is 895 g/mol. The van der Waals surface area contributed by atoms with Crippen LogP contribution in [-0.4, -0.2) is 20.9 Å². The molecule has 0 saturated heterocycles. The van der Waals surface area contributed by atoms with E-state index in [0.717, 1.165) is 0 Å². The standard InChI is InChI=1S/2C13H6F6N.C6H5NO2.Ir/c2*14-12(15,16)9-5-8(11-3-1-2-4-20-11)6-10(7-9)13(17,18)19;8-6(9)5-3-1-2-4-7-5;/h2*1-5,7H;1-4H,(H,8,9);/q2*-1;;+3/p-1. The first-order valence-corrected chi connectivity index (χ1v) is 13.0. The summed E-state index contributed by atoms with van der Waals surface area (Å²) in [5.41, 5.74) is -6.49. The summed E-state index contributed by atoms with van der Waals surface area (Å²) in [4.78, 5) is 21.0. The number of aromatic carboxylic acids is 1. The third-order valence-electron chi connectivity index (χ3n) is 5.76. The van der Waals surface area contributed by atoms with Crippen molar-refractivity contribution < 1.29 is 82.7 Å². The van der Waals surface area contributed by atoms with Gasteiger partial charge in [-0.3, -0.25) is 4.98 Å². The Bertz CT molecular complexity index is 1660. The topological polar surface area (TPSA) is 78.8 Å². The molecule has 0 amide bonds. The van der Waals surface area contributed by atoms with Gasteiger partial charge in [-0.05, 0) is 57.9 Å². The van der Waals surface area contributed by atoms with E-state index in [1.807, 2.05) is 12.1 Å². The normalized spacial score (nSPS) is 11.6. The van der Waals surface area contributed by atoms with Crippen LogP contribution in [-0.2, 0) is 44.8 Å². The molecule has 3 aromatic heterocycles. The summed E-state index contributed by atoms with van der Waals surface area (Å²) >= 11 is 0. The summed E-state index contributed by atoms with van der Waals surface area (Å²) < 4.78 is 152. The van der Waals surface area contributed by atoms with Gasteiger partial charge in [-0.25, -0.2) is 0 Å². The second-order valence-electron chi connectivity index (χ2n) is 9.32. The molecule has 0 atom stereocenters. The van der Waals surface area contributed by atoms with E-state index in [0.29, 0.717) is 12.1 Å². The van der Waals surface area contributed by atoms with E-state index in [9.17, 15) is 62.6 Å². The van der Waals surface area contributed by atoms with Crippen molar-refractivity contribution in [1.82, 2.24) is 15.0 Å². The van der Waals surface area contributed by atoms with Crippen LogP contribution in [0.4, 0.5) is 52.7 Å². The number of carboxylic acids is 1. The van der Waals surface area contributed by atoms with Gasteiger partial charge in [0.15, 0.2) is 0 Å². The Kier molecular flexibility index (Phi) is 13.8. The number of pyridine rings is 3. The molecule has 0 aliphatic rings. The van der Waals surface area contributed by atoms with Crippen molar-refractivity contribution in [3.8, 4) is 22.5 Å². The Morgan fingerprint density at radius 2 is 0.880 bits per heavy atom. The molecule has 5 nitrogen and oxygen atoms in total. The maximum absolute atomic E-state index is 12.7. The smallest absolute Gasteiger partial charge is 0.543 e. The number of nitrogens with zero attached hydrogens (tertiary/aromatic N) is 3. The van der Waals surface area contributed by atoms with E-state index in [1.165, 1.54) is 61.1 Å². The van der Waals surface area contributed by atoms with E-state index >= 15 is 0 Å². The number of benzene rings is 2. The van der Waals surface area contributed by atoms with E-state index in [4.69, 9.17) is 0 Å². The fourth-order valence-corrected chi connectivity index (χ4v) is 3.58. The predicted molar refractivity (Wildman–Crippen MR) is 146 cm³/mol. The Labute approximate surface area is 288 Å². The zero-order chi connectivity index (χ0) is 36.6. The SMILES string of the molecule is FC(F)(F)c1[c-]c(-c2ccccn2)cc(C(F)(F)F)c1.FC(F)(F)c1[c-]c(-c2ccccn2)cc(C(F)(F)F)c1.O=C([O-])c1ccccn1.[Ir+3]. The van der Waals surface area contributed by atoms with Gasteiger partial charge < -0.3 is 19.9 Å². The number of carboxylic acid groups (broad SMARTS) is 1. The quantitative estimate of drug-likeness (QED) is 0.134. The van der Waals surface area contributed by atoms with Crippen molar-refractivity contribution in [1.29, 1.82) is 0 Å². The second kappa shape index (κ2) is 16.7. The molecule has 0 radical (unpaired) electrons. The van der Waals surface area contributed by atoms with Crippen LogP contribution in [0.2, 0.25) is 0 Å². The molecule has 5 rings (SSSR count). The largest absolute Gasteiger partial charge is 3.00 e. The number of carbonyl (C=O) groups excluding carboxylic acids is 1. The number of halogens is 12. The number of carbonyl (C=O) groups is 1. The summed E-state index contributed by atoms with van der Waals surface area (Å²) in [5, 5.41) is 10.0. The zero-order valence-electron chi connectivity index (χ0n) is 24.3. The minimum absolute atomic E-state index is 0. The molecule has 0 aliphatic heterocycles. The van der Waals surface area contributed by atoms with Gasteiger partial charge in [-0.1, -0.05) is 30.3 Å². The maximum Gasteiger partial charge on any atom is 3.00 e. The first-order valence-electron chi connectivity index (χ1n) is 13.0. The Morgan fingerprint density at radius 1 is 0.520 bits per heavy atom. The molecule has 0 N–H and O–H groups in total. The third kappa shape index (κ3) is 12.2. The van der Waals surface area contributed by atoms with E-state index < -0.39 is 52.9 Å². The van der Waals surface area contributed by atoms with Crippen molar-refractivity contribution >= 4 is 5.97 Å². The van der Waals surface area contributed by atoms with E-state index in [1.54, 1.807) is 12.1 Å². The van der Waals surface area contributed by atoms with Crippen LogP contribution in [0.15, 0.2) is 97.5 Å². The molecular weight excluding hydrogens is 879 g/mol. The molecule has 2 aromatic carbocycles. The van der Waals surface area contributed by atoms with Gasteiger partial charge in [0.05, 0.1) is 11.7 Å². The molecule has 3 heterocycles. The first-order chi connectivity index (χ1) is 22.7. The third-order valence-corrected chi connectivity index (χ3v) is 5.76. The fraction of sp³-hybridized carbons (Fsp3) is 0.125. The van der Waals surface area contributed by atoms with Crippen LogP contribution in [0.25, 0.3) is 22.5 Å². The van der Waals surface area contributed by atoms with Gasteiger partial charge in [0.1, 0.15) is 0 Å². The van der Waals surface area contributed by atoms with Crippen LogP contribution in [0.1, 0.15) is 32.7 Å². The van der Waals surface area contributed by atoms with Crippen LogP contribution >= 0.6 is 0 Å². The van der Waals surface area contributed by atoms with Crippen molar-refractivity contribution in [2.24, 2.45) is 0 Å². The average molecular weight is 895 g/mol. The Hall–Kier alpha value is -4.83. The van der Waals surface area contributed by atoms with Crippen molar-refractivity contribution in [3.63, 3.8) is 0 Å². The fourth-order valence-electron chi connectivity index (χ4n) is 3.58. The number of aromatic nitrogens is 3. The molecular formula is C32H16F12IrN3O2. The summed E-state index contributed by atoms with van der Waals surface area (Å²) in [5.74, 6) is -1.24. The summed E-state index contributed by atoms with van der Waals surface area (Å²) in [6, 6.07) is 18.3. The van der Waals surface area contributed by atoms with Crippen LogP contribution in [0.3, 0.4) is 0 Å². The van der Waals surface area contributed by atoms with Crippen molar-refractivity contribution in [3.05, 3.63) is 138 Å². The molecule has 0 unspecified atom stereocenters. The Morgan fingerprint density at radius 3 is 1.12 bits per heavy atom. The van der Waals surface area contributed by atoms with Gasteiger partial charge in [0.2, 0.25) is 0 Å². The Balaban J connectivity index is 0.000000275. The first kappa shape index (κ1) is 41.3. The van der Waals surface area contributed by atoms with Crippen LogP contribution in [0.5, 0.6) is 0 Å². The summed E-state index contributed by atoms with van der Waals surface area (Å²) in [7, 11) is 0. The molecule has 0 fully saturated rings. The van der Waals surface area contributed by atoms with Gasteiger partial charge >= 0.3 is 44.8 Å². The molecule has 0 spiro atoms. The average Bonchev–Trinajstić information content (AvgIpc) is 3.04. The number of rotatable bonds is 3. The molecule has 18 heteroatoms. The van der Waals surface area contributed by atoms with Gasteiger partial charge in [0, 0.05) is 18.6 Å². The molecule has 5 aromatic rings. The molecule has 0 bridgehead atoms. The number of hydrogen-bond acceptors (Lipinski definition) is 5. The van der Waals surface area contributed by atoms with Crippen molar-refractivity contribution in [2.45, 2.75) is 24.7 Å². The number of alkyl halides is 12. The summed E-state index contributed by atoms with van der Waals surface area (Å²) in [6.45, 7) is 0. The van der Waals surface area contributed by atoms with Gasteiger partial charge in [-0.15, -0.1) is 47.5 Å². The minimum atomic E-state index is -4.91. The van der Waals surface area contributed by atoms with Crippen LogP contribution in [0, 0.1) is 12.1 Å². The molecule has 0 saturated carbocycles. The van der Waals surface area contributed by atoms with Crippen LogP contribution < -0.4 is 5.11 Å². The van der Waals surface area contributed by atoms with Gasteiger partial charge in [0.25, 0.3) is 0 Å². The maximum atomic E-state index is 12.7. The molecule has 50 heavy (non-hydrogen) atoms. The minimum Gasteiger partial charge on any atom is -0.543 e. The van der Waals surface area contributed by atoms with E-state index in [-0.39, 0.29) is 60.4 Å². The predicted octanol–water partition coefficient (Wildman–Crippen LogP) is 8.62. The summed E-state index contributed by atoms with van der Waals surface area (Å²) in [6.07, 6.45) is -15.6. The molecule has 264 valence electrons. The molecule has 0 aliphatic carbocycles. The van der Waals surface area contributed by atoms with E-state index in [2.05, 4.69) is 15.0 Å². The van der Waals surface area contributed by atoms with Crippen molar-refractivity contribution in [2.75, 3.05) is 0 Å². The zero-order valence-corrected chi connectivity index (χ0v) is 26.7. The second-order valence-corrected chi connectivity index (χ2v) is 9.32. The van der Waals surface area contributed by atoms with Gasteiger partial charge in [-0.2, -0.15) is 52.7 Å².